The van der Waals surface area contributed by atoms with E-state index in [4.69, 9.17) is 10.3 Å². The van der Waals surface area contributed by atoms with E-state index in [9.17, 15) is 10.1 Å². The van der Waals surface area contributed by atoms with Gasteiger partial charge in [-0.05, 0) is 18.2 Å². The van der Waals surface area contributed by atoms with E-state index in [0.29, 0.717) is 11.4 Å². The quantitative estimate of drug-likeness (QED) is 0.437. The number of rotatable bonds is 2. The van der Waals surface area contributed by atoms with E-state index < -0.39 is 4.92 Å². The van der Waals surface area contributed by atoms with Gasteiger partial charge < -0.3 is 10.3 Å². The minimum absolute atomic E-state index is 0.274. The zero-order chi connectivity index (χ0) is 11.0. The largest absolute Gasteiger partial charge is 0.433 e. The Hall–Kier alpha value is -2.38. The van der Waals surface area contributed by atoms with Crippen molar-refractivity contribution in [3.05, 3.63) is 27.9 Å². The Balaban J connectivity index is 2.46. The molecule has 78 valence electrons. The lowest BCUT2D eigenvalue weighted by molar-refractivity contribution is -0.401. The van der Waals surface area contributed by atoms with E-state index in [0.717, 1.165) is 4.79 Å². The lowest BCUT2D eigenvalue weighted by Gasteiger charge is -1.92. The molecule has 2 aromatic rings. The summed E-state index contributed by atoms with van der Waals surface area (Å²) in [4.78, 5) is 10.8. The van der Waals surface area contributed by atoms with Crippen LogP contribution >= 0.6 is 0 Å². The maximum absolute atomic E-state index is 10.4. The predicted octanol–water partition coefficient (Wildman–Crippen LogP) is 0.469. The van der Waals surface area contributed by atoms with Gasteiger partial charge in [0.15, 0.2) is 11.5 Å². The lowest BCUT2D eigenvalue weighted by Crippen LogP contribution is -2.11. The number of nitrogen functional groups attached to an aromatic ring is 1. The first kappa shape index (κ1) is 9.19. The molecule has 2 heterocycles. The van der Waals surface area contributed by atoms with Crippen molar-refractivity contribution in [1.29, 1.82) is 0 Å². The predicted molar refractivity (Wildman–Crippen MR) is 49.3 cm³/mol. The van der Waals surface area contributed by atoms with Gasteiger partial charge in [-0.25, -0.2) is 0 Å². The summed E-state index contributed by atoms with van der Waals surface area (Å²) >= 11 is 0. The average molecular weight is 209 g/mol. The van der Waals surface area contributed by atoms with Gasteiger partial charge in [-0.1, -0.05) is 0 Å². The van der Waals surface area contributed by atoms with Gasteiger partial charge in [-0.3, -0.25) is 10.1 Å². The van der Waals surface area contributed by atoms with Crippen molar-refractivity contribution in [1.82, 2.24) is 15.1 Å². The summed E-state index contributed by atoms with van der Waals surface area (Å²) in [5, 5.41) is 17.7. The molecule has 15 heavy (non-hydrogen) atoms. The number of nitro groups is 1. The SMILES string of the molecule is Cc1c(-c2ccc([N+](=O)[O-])o2)nnn1N. The normalized spacial score (nSPS) is 10.5. The van der Waals surface area contributed by atoms with Gasteiger partial charge in [-0.15, -0.1) is 5.10 Å². The molecule has 0 aliphatic carbocycles. The van der Waals surface area contributed by atoms with Crippen molar-refractivity contribution >= 4 is 5.88 Å². The smallest absolute Gasteiger partial charge is 0.399 e. The van der Waals surface area contributed by atoms with Crippen molar-refractivity contribution in [3.8, 4) is 11.5 Å². The van der Waals surface area contributed by atoms with Gasteiger partial charge >= 0.3 is 5.88 Å². The second-order valence-electron chi connectivity index (χ2n) is 2.86. The molecule has 0 bridgehead atoms. The minimum Gasteiger partial charge on any atom is -0.399 e. The maximum atomic E-state index is 10.4. The molecule has 0 saturated heterocycles. The summed E-state index contributed by atoms with van der Waals surface area (Å²) in [6.45, 7) is 1.68. The van der Waals surface area contributed by atoms with Crippen LogP contribution in [0, 0.1) is 17.0 Å². The van der Waals surface area contributed by atoms with Crippen molar-refractivity contribution < 1.29 is 9.34 Å². The van der Waals surface area contributed by atoms with Crippen LogP contribution in [0.2, 0.25) is 0 Å². The Labute approximate surface area is 83.4 Å². The molecule has 0 spiro atoms. The summed E-state index contributed by atoms with van der Waals surface area (Å²) in [5.74, 6) is 5.35. The van der Waals surface area contributed by atoms with Gasteiger partial charge in [0.25, 0.3) is 0 Å². The third kappa shape index (κ3) is 1.41. The average Bonchev–Trinajstić information content (AvgIpc) is 2.76. The molecule has 8 heteroatoms. The molecule has 0 amide bonds. The summed E-state index contributed by atoms with van der Waals surface area (Å²) in [6.07, 6.45) is 0. The highest BCUT2D eigenvalue weighted by atomic mass is 16.6. The van der Waals surface area contributed by atoms with Crippen LogP contribution in [0.5, 0.6) is 0 Å². The van der Waals surface area contributed by atoms with Crippen molar-refractivity contribution in [2.45, 2.75) is 6.92 Å². The second-order valence-corrected chi connectivity index (χ2v) is 2.86. The molecular weight excluding hydrogens is 202 g/mol. The van der Waals surface area contributed by atoms with Gasteiger partial charge in [0, 0.05) is 0 Å². The highest BCUT2D eigenvalue weighted by molar-refractivity contribution is 5.55. The molecule has 0 atom stereocenters. The van der Waals surface area contributed by atoms with Crippen molar-refractivity contribution in [2.75, 3.05) is 5.84 Å². The zero-order valence-electron chi connectivity index (χ0n) is 7.75. The molecule has 0 aromatic carbocycles. The van der Waals surface area contributed by atoms with E-state index in [1.54, 1.807) is 6.92 Å². The van der Waals surface area contributed by atoms with E-state index in [1.165, 1.54) is 12.1 Å². The standard InChI is InChI=1S/C7H7N5O3/c1-4-7(9-10-11(4)8)5-2-3-6(15-5)12(13)14/h2-3H,8H2,1H3. The molecule has 0 aliphatic rings. The second kappa shape index (κ2) is 3.08. The number of hydrogen-bond donors (Lipinski definition) is 1. The lowest BCUT2D eigenvalue weighted by atomic mass is 10.3. The van der Waals surface area contributed by atoms with Crippen LogP contribution in [0.1, 0.15) is 5.69 Å². The summed E-state index contributed by atoms with van der Waals surface area (Å²) in [7, 11) is 0. The molecule has 0 fully saturated rings. The number of nitrogens with zero attached hydrogens (tertiary/aromatic N) is 4. The first-order valence-electron chi connectivity index (χ1n) is 4.01. The Bertz CT molecular complexity index is 514. The van der Waals surface area contributed by atoms with E-state index in [2.05, 4.69) is 10.3 Å². The maximum Gasteiger partial charge on any atom is 0.433 e. The minimum atomic E-state index is -0.619. The molecule has 8 nitrogen and oxygen atoms in total. The Morgan fingerprint density at radius 2 is 2.33 bits per heavy atom. The van der Waals surface area contributed by atoms with Crippen LogP contribution in [0.4, 0.5) is 5.88 Å². The number of aromatic nitrogens is 3. The van der Waals surface area contributed by atoms with Crippen LogP contribution in [0.3, 0.4) is 0 Å². The highest BCUT2D eigenvalue weighted by Crippen LogP contribution is 2.25. The van der Waals surface area contributed by atoms with Crippen LogP contribution in [-0.4, -0.2) is 20.0 Å². The van der Waals surface area contributed by atoms with E-state index in [-0.39, 0.29) is 11.6 Å². The summed E-state index contributed by atoms with van der Waals surface area (Å²) < 4.78 is 4.95. The fourth-order valence-electron chi connectivity index (χ4n) is 1.12. The van der Waals surface area contributed by atoms with Gasteiger partial charge in [0.2, 0.25) is 0 Å². The molecular formula is C7H7N5O3. The van der Waals surface area contributed by atoms with Gasteiger partial charge in [0.1, 0.15) is 4.92 Å². The molecule has 0 radical (unpaired) electrons. The van der Waals surface area contributed by atoms with Crippen molar-refractivity contribution in [2.24, 2.45) is 0 Å². The molecule has 0 unspecified atom stereocenters. The first-order chi connectivity index (χ1) is 7.09. The number of nitrogens with two attached hydrogens (primary N) is 1. The highest BCUT2D eigenvalue weighted by Gasteiger charge is 2.17. The fraction of sp³-hybridized carbons (Fsp3) is 0.143. The Morgan fingerprint density at radius 1 is 1.60 bits per heavy atom. The molecule has 2 N–H and O–H groups in total. The van der Waals surface area contributed by atoms with Crippen molar-refractivity contribution in [3.63, 3.8) is 0 Å². The van der Waals surface area contributed by atoms with E-state index >= 15 is 0 Å². The van der Waals surface area contributed by atoms with Crippen LogP contribution < -0.4 is 5.84 Å². The Kier molecular flexibility index (Phi) is 1.89. The monoisotopic (exact) mass is 209 g/mol. The molecule has 0 saturated carbocycles. The first-order valence-corrected chi connectivity index (χ1v) is 4.01. The number of furan rings is 1. The number of hydrogen-bond acceptors (Lipinski definition) is 6. The van der Waals surface area contributed by atoms with Crippen LogP contribution in [0.15, 0.2) is 16.5 Å². The Morgan fingerprint density at radius 3 is 2.80 bits per heavy atom. The van der Waals surface area contributed by atoms with Gasteiger partial charge in [-0.2, -0.15) is 4.79 Å². The van der Waals surface area contributed by atoms with Crippen LogP contribution in [0.25, 0.3) is 11.5 Å². The third-order valence-electron chi connectivity index (χ3n) is 1.93. The molecule has 2 aromatic heterocycles. The third-order valence-corrected chi connectivity index (χ3v) is 1.93. The summed E-state index contributed by atoms with van der Waals surface area (Å²) in [5.41, 5.74) is 0.963. The van der Waals surface area contributed by atoms with Gasteiger partial charge in [0.05, 0.1) is 11.8 Å². The van der Waals surface area contributed by atoms with E-state index in [1.807, 2.05) is 0 Å². The molecule has 0 aliphatic heterocycles. The van der Waals surface area contributed by atoms with Crippen LogP contribution in [-0.2, 0) is 0 Å². The summed E-state index contributed by atoms with van der Waals surface area (Å²) in [6, 6.07) is 2.71. The fourth-order valence-corrected chi connectivity index (χ4v) is 1.12. The zero-order valence-corrected chi connectivity index (χ0v) is 7.75. The topological polar surface area (TPSA) is 113 Å². The molecule has 2 rings (SSSR count).